The zero-order valence-electron chi connectivity index (χ0n) is 8.89. The Bertz CT molecular complexity index is 91.9. The first kappa shape index (κ1) is 16.2. The third kappa shape index (κ3) is 5.51. The molecule has 88 valence electrons. The Balaban J connectivity index is 0. The highest BCUT2D eigenvalue weighted by Crippen LogP contribution is 2.06. The predicted molar refractivity (Wildman–Crippen MR) is 53.2 cm³/mol. The largest absolute Gasteiger partial charge is 0.870 e. The van der Waals surface area contributed by atoms with Crippen molar-refractivity contribution in [2.75, 3.05) is 46.0 Å². The van der Waals surface area contributed by atoms with Gasteiger partial charge < -0.3 is 25.3 Å². The van der Waals surface area contributed by atoms with Crippen molar-refractivity contribution in [3.8, 4) is 0 Å². The van der Waals surface area contributed by atoms with Gasteiger partial charge in [0, 0.05) is 0 Å². The lowest BCUT2D eigenvalue weighted by molar-refractivity contribution is -0.929. The van der Waals surface area contributed by atoms with Crippen LogP contribution in [0.2, 0.25) is 0 Å². The first-order valence-electron chi connectivity index (χ1n) is 4.92. The van der Waals surface area contributed by atoms with Gasteiger partial charge in [-0.2, -0.15) is 0 Å². The van der Waals surface area contributed by atoms with E-state index < -0.39 is 0 Å². The molecule has 14 heavy (non-hydrogen) atoms. The normalized spacial score (nSPS) is 11.1. The summed E-state index contributed by atoms with van der Waals surface area (Å²) in [5, 5.41) is 26.7. The fourth-order valence-corrected chi connectivity index (χ4v) is 1.78. The third-order valence-corrected chi connectivity index (χ3v) is 2.42. The maximum atomic E-state index is 8.90. The van der Waals surface area contributed by atoms with Crippen LogP contribution in [0.3, 0.4) is 0 Å². The molecule has 0 saturated heterocycles. The quantitative estimate of drug-likeness (QED) is 0.448. The molecule has 0 aromatic carbocycles. The van der Waals surface area contributed by atoms with Gasteiger partial charge in [-0.25, -0.2) is 0 Å². The molecule has 4 N–H and O–H groups in total. The number of quaternary nitrogens is 1. The van der Waals surface area contributed by atoms with E-state index in [1.54, 1.807) is 0 Å². The smallest absolute Gasteiger partial charge is 0.102 e. The van der Waals surface area contributed by atoms with Crippen LogP contribution in [0.15, 0.2) is 0 Å². The monoisotopic (exact) mass is 209 g/mol. The van der Waals surface area contributed by atoms with Gasteiger partial charge in [0.15, 0.2) is 0 Å². The van der Waals surface area contributed by atoms with Crippen molar-refractivity contribution in [3.63, 3.8) is 0 Å². The van der Waals surface area contributed by atoms with Crippen molar-refractivity contribution in [3.05, 3.63) is 0 Å². The minimum atomic E-state index is 0. The number of hydrogen-bond acceptors (Lipinski definition) is 4. The van der Waals surface area contributed by atoms with Gasteiger partial charge >= 0.3 is 0 Å². The van der Waals surface area contributed by atoms with E-state index in [0.717, 1.165) is 13.0 Å². The zero-order valence-corrected chi connectivity index (χ0v) is 8.89. The van der Waals surface area contributed by atoms with Crippen LogP contribution in [0, 0.1) is 0 Å². The molecule has 0 bridgehead atoms. The molecule has 0 aliphatic heterocycles. The summed E-state index contributed by atoms with van der Waals surface area (Å²) in [5.74, 6) is 0. The number of hydrogen-bond donors (Lipinski definition) is 3. The van der Waals surface area contributed by atoms with Gasteiger partial charge in [0.25, 0.3) is 0 Å². The maximum absolute atomic E-state index is 8.90. The van der Waals surface area contributed by atoms with Gasteiger partial charge in [0.2, 0.25) is 0 Å². The van der Waals surface area contributed by atoms with E-state index in [2.05, 4.69) is 6.92 Å². The molecule has 5 nitrogen and oxygen atoms in total. The van der Waals surface area contributed by atoms with Gasteiger partial charge in [-0.1, -0.05) is 6.92 Å². The topological polar surface area (TPSA) is 90.7 Å². The lowest BCUT2D eigenvalue weighted by Gasteiger charge is -2.37. The first-order valence-corrected chi connectivity index (χ1v) is 4.92. The van der Waals surface area contributed by atoms with Gasteiger partial charge in [-0.15, -0.1) is 0 Å². The highest BCUT2D eigenvalue weighted by Gasteiger charge is 2.24. The Morgan fingerprint density at radius 3 is 1.36 bits per heavy atom. The Morgan fingerprint density at radius 1 is 0.786 bits per heavy atom. The number of aliphatic hydroxyl groups is 3. The molecule has 0 saturated carbocycles. The summed E-state index contributed by atoms with van der Waals surface area (Å²) in [6.07, 6.45) is 1.00. The van der Waals surface area contributed by atoms with E-state index in [4.69, 9.17) is 15.3 Å². The van der Waals surface area contributed by atoms with Crippen LogP contribution in [0.4, 0.5) is 0 Å². The number of nitrogens with zero attached hydrogens (tertiary/aromatic N) is 1. The Hall–Kier alpha value is -0.200. The fraction of sp³-hybridized carbons (Fsp3) is 1.00. The van der Waals surface area contributed by atoms with E-state index in [1.807, 2.05) is 0 Å². The molecule has 0 aliphatic rings. The van der Waals surface area contributed by atoms with Crippen LogP contribution in [-0.4, -0.2) is 71.3 Å². The Labute approximate surface area is 85.5 Å². The van der Waals surface area contributed by atoms with E-state index in [1.165, 1.54) is 0 Å². The van der Waals surface area contributed by atoms with Crippen LogP contribution in [0.1, 0.15) is 13.3 Å². The summed E-state index contributed by atoms with van der Waals surface area (Å²) in [6, 6.07) is 0. The lowest BCUT2D eigenvalue weighted by Crippen LogP contribution is -2.53. The van der Waals surface area contributed by atoms with Crippen molar-refractivity contribution >= 4 is 0 Å². The SMILES string of the molecule is CCC[N+](CCO)(CCO)CCO.[OH-]. The summed E-state index contributed by atoms with van der Waals surface area (Å²) in [5.41, 5.74) is 0. The van der Waals surface area contributed by atoms with Crippen molar-refractivity contribution in [2.24, 2.45) is 0 Å². The summed E-state index contributed by atoms with van der Waals surface area (Å²) in [4.78, 5) is 0. The number of aliphatic hydroxyl groups excluding tert-OH is 3. The van der Waals surface area contributed by atoms with Crippen molar-refractivity contribution < 1.29 is 25.3 Å². The van der Waals surface area contributed by atoms with E-state index in [9.17, 15) is 0 Å². The molecule has 0 fully saturated rings. The van der Waals surface area contributed by atoms with Gasteiger partial charge in [-0.05, 0) is 6.42 Å². The lowest BCUT2D eigenvalue weighted by atomic mass is 10.3. The maximum Gasteiger partial charge on any atom is 0.102 e. The first-order chi connectivity index (χ1) is 6.24. The fourth-order valence-electron chi connectivity index (χ4n) is 1.78. The van der Waals surface area contributed by atoms with Crippen molar-refractivity contribution in [1.82, 2.24) is 0 Å². The summed E-state index contributed by atoms with van der Waals surface area (Å²) < 4.78 is 0.625. The second-order valence-electron chi connectivity index (χ2n) is 3.41. The highest BCUT2D eigenvalue weighted by atomic mass is 16.3. The van der Waals surface area contributed by atoms with Gasteiger partial charge in [-0.3, -0.25) is 0 Å². The average Bonchev–Trinajstić information content (AvgIpc) is 2.06. The summed E-state index contributed by atoms with van der Waals surface area (Å²) >= 11 is 0. The Kier molecular flexibility index (Phi) is 10.9. The molecule has 0 aromatic heterocycles. The minimum Gasteiger partial charge on any atom is -0.870 e. The molecular formula is C9H23NO4. The van der Waals surface area contributed by atoms with E-state index in [-0.39, 0.29) is 25.3 Å². The molecule has 0 heterocycles. The van der Waals surface area contributed by atoms with Crippen LogP contribution in [0.25, 0.3) is 0 Å². The molecule has 0 atom stereocenters. The molecule has 0 aliphatic carbocycles. The van der Waals surface area contributed by atoms with Crippen LogP contribution >= 0.6 is 0 Å². The van der Waals surface area contributed by atoms with Crippen molar-refractivity contribution in [2.45, 2.75) is 13.3 Å². The summed E-state index contributed by atoms with van der Waals surface area (Å²) in [7, 11) is 0. The molecule has 0 amide bonds. The van der Waals surface area contributed by atoms with E-state index in [0.29, 0.717) is 24.1 Å². The molecule has 0 spiro atoms. The van der Waals surface area contributed by atoms with Crippen LogP contribution in [0.5, 0.6) is 0 Å². The number of rotatable bonds is 8. The minimum absolute atomic E-state index is 0. The standard InChI is InChI=1S/C9H22NO3.H2O/c1-2-3-10(4-7-11,5-8-12)6-9-13;/h11-13H,2-9H2,1H3;1H2/q+1;/p-1. The van der Waals surface area contributed by atoms with E-state index >= 15 is 0 Å². The third-order valence-electron chi connectivity index (χ3n) is 2.42. The highest BCUT2D eigenvalue weighted by molar-refractivity contribution is 4.44. The van der Waals surface area contributed by atoms with Crippen molar-refractivity contribution in [1.29, 1.82) is 0 Å². The van der Waals surface area contributed by atoms with Gasteiger partial charge in [0.05, 0.1) is 26.4 Å². The van der Waals surface area contributed by atoms with Gasteiger partial charge in [0.1, 0.15) is 19.6 Å². The Morgan fingerprint density at radius 2 is 1.14 bits per heavy atom. The summed E-state index contributed by atoms with van der Waals surface area (Å²) in [6.45, 7) is 5.17. The zero-order chi connectivity index (χ0) is 10.2. The second kappa shape index (κ2) is 9.36. The molecule has 0 aromatic rings. The molecular weight excluding hydrogens is 186 g/mol. The molecule has 0 radical (unpaired) electrons. The molecule has 5 heteroatoms. The second-order valence-corrected chi connectivity index (χ2v) is 3.41. The average molecular weight is 209 g/mol. The van der Waals surface area contributed by atoms with Crippen LogP contribution < -0.4 is 0 Å². The molecule has 0 unspecified atom stereocenters. The molecule has 0 rings (SSSR count). The predicted octanol–water partition coefficient (Wildman–Crippen LogP) is -0.987. The van der Waals surface area contributed by atoms with Crippen LogP contribution in [-0.2, 0) is 0 Å².